The van der Waals surface area contributed by atoms with Crippen LogP contribution in [0.5, 0.6) is 0 Å². The fraction of sp³-hybridized carbons (Fsp3) is 0.235. The SMILES string of the molecule is Cc1ccc(C(=O)N2CCc3ccc(N)cc3C2)cc1F. The summed E-state index contributed by atoms with van der Waals surface area (Å²) in [6.45, 7) is 2.85. The van der Waals surface area contributed by atoms with E-state index >= 15 is 0 Å². The standard InChI is InChI=1S/C17H17FN2O/c1-11-2-3-13(9-16(11)18)17(21)20-7-6-12-4-5-15(19)8-14(12)10-20/h2-5,8-9H,6-7,10,19H2,1H3. The summed E-state index contributed by atoms with van der Waals surface area (Å²) in [7, 11) is 0. The van der Waals surface area contributed by atoms with Gasteiger partial charge in [0, 0.05) is 24.3 Å². The number of benzene rings is 2. The topological polar surface area (TPSA) is 46.3 Å². The van der Waals surface area contributed by atoms with Crippen molar-refractivity contribution in [2.24, 2.45) is 0 Å². The van der Waals surface area contributed by atoms with Crippen molar-refractivity contribution in [1.82, 2.24) is 4.90 Å². The molecule has 0 bridgehead atoms. The van der Waals surface area contributed by atoms with Crippen molar-refractivity contribution in [2.75, 3.05) is 12.3 Å². The Bertz CT molecular complexity index is 712. The van der Waals surface area contributed by atoms with E-state index in [2.05, 4.69) is 0 Å². The third kappa shape index (κ3) is 2.61. The van der Waals surface area contributed by atoms with Gasteiger partial charge in [0.05, 0.1) is 0 Å². The van der Waals surface area contributed by atoms with Gasteiger partial charge in [-0.05, 0) is 54.3 Å². The molecular formula is C17H17FN2O. The van der Waals surface area contributed by atoms with E-state index in [1.807, 2.05) is 18.2 Å². The van der Waals surface area contributed by atoms with Crippen LogP contribution in [0.4, 0.5) is 10.1 Å². The van der Waals surface area contributed by atoms with Crippen LogP contribution in [0.2, 0.25) is 0 Å². The van der Waals surface area contributed by atoms with Crippen molar-refractivity contribution in [1.29, 1.82) is 0 Å². The van der Waals surface area contributed by atoms with Gasteiger partial charge in [0.2, 0.25) is 0 Å². The second kappa shape index (κ2) is 5.20. The van der Waals surface area contributed by atoms with Gasteiger partial charge in [0.1, 0.15) is 5.82 Å². The van der Waals surface area contributed by atoms with Crippen LogP contribution in [-0.2, 0) is 13.0 Å². The number of carbonyl (C=O) groups excluding carboxylic acids is 1. The van der Waals surface area contributed by atoms with Crippen LogP contribution in [0.25, 0.3) is 0 Å². The minimum absolute atomic E-state index is 0.137. The van der Waals surface area contributed by atoms with E-state index in [-0.39, 0.29) is 11.7 Å². The molecule has 21 heavy (non-hydrogen) atoms. The summed E-state index contributed by atoms with van der Waals surface area (Å²) in [6.07, 6.45) is 0.801. The smallest absolute Gasteiger partial charge is 0.254 e. The van der Waals surface area contributed by atoms with Gasteiger partial charge < -0.3 is 10.6 Å². The fourth-order valence-electron chi connectivity index (χ4n) is 2.66. The molecule has 1 heterocycles. The molecule has 0 saturated carbocycles. The zero-order valence-corrected chi connectivity index (χ0v) is 11.9. The van der Waals surface area contributed by atoms with E-state index in [1.165, 1.54) is 11.6 Å². The Morgan fingerprint density at radius 1 is 1.19 bits per heavy atom. The molecule has 1 aliphatic heterocycles. The lowest BCUT2D eigenvalue weighted by Crippen LogP contribution is -2.36. The lowest BCUT2D eigenvalue weighted by Gasteiger charge is -2.29. The summed E-state index contributed by atoms with van der Waals surface area (Å²) in [4.78, 5) is 14.2. The molecule has 3 nitrogen and oxygen atoms in total. The number of rotatable bonds is 1. The number of hydrogen-bond donors (Lipinski definition) is 1. The van der Waals surface area contributed by atoms with Gasteiger partial charge in [-0.2, -0.15) is 0 Å². The number of carbonyl (C=O) groups is 1. The van der Waals surface area contributed by atoms with Crippen molar-refractivity contribution >= 4 is 11.6 Å². The first-order valence-corrected chi connectivity index (χ1v) is 6.97. The lowest BCUT2D eigenvalue weighted by atomic mass is 9.98. The zero-order chi connectivity index (χ0) is 15.0. The number of aryl methyl sites for hydroxylation is 1. The Morgan fingerprint density at radius 2 is 2.00 bits per heavy atom. The molecule has 2 N–H and O–H groups in total. The second-order valence-electron chi connectivity index (χ2n) is 5.47. The van der Waals surface area contributed by atoms with Gasteiger partial charge in [-0.25, -0.2) is 4.39 Å². The van der Waals surface area contributed by atoms with E-state index in [0.29, 0.717) is 29.9 Å². The van der Waals surface area contributed by atoms with E-state index < -0.39 is 0 Å². The molecule has 0 unspecified atom stereocenters. The summed E-state index contributed by atoms with van der Waals surface area (Å²) in [5.41, 5.74) is 9.73. The zero-order valence-electron chi connectivity index (χ0n) is 11.9. The number of nitrogen functional groups attached to an aromatic ring is 1. The highest BCUT2D eigenvalue weighted by molar-refractivity contribution is 5.94. The molecule has 0 radical (unpaired) electrons. The van der Waals surface area contributed by atoms with Crippen LogP contribution in [0, 0.1) is 12.7 Å². The van der Waals surface area contributed by atoms with Crippen molar-refractivity contribution in [2.45, 2.75) is 19.9 Å². The summed E-state index contributed by atoms with van der Waals surface area (Å²) in [5, 5.41) is 0. The molecule has 0 atom stereocenters. The molecular weight excluding hydrogens is 267 g/mol. The van der Waals surface area contributed by atoms with Crippen LogP contribution in [-0.4, -0.2) is 17.4 Å². The number of nitrogens with zero attached hydrogens (tertiary/aromatic N) is 1. The number of nitrogens with two attached hydrogens (primary N) is 1. The first-order chi connectivity index (χ1) is 10.0. The normalized spacial score (nSPS) is 13.9. The average molecular weight is 284 g/mol. The van der Waals surface area contributed by atoms with Crippen molar-refractivity contribution in [3.05, 3.63) is 64.5 Å². The molecule has 0 fully saturated rings. The number of hydrogen-bond acceptors (Lipinski definition) is 2. The lowest BCUT2D eigenvalue weighted by molar-refractivity contribution is 0.0734. The third-order valence-corrected chi connectivity index (χ3v) is 3.95. The third-order valence-electron chi connectivity index (χ3n) is 3.95. The van der Waals surface area contributed by atoms with Gasteiger partial charge in [-0.15, -0.1) is 0 Å². The summed E-state index contributed by atoms with van der Waals surface area (Å²) in [6, 6.07) is 10.4. The first-order valence-electron chi connectivity index (χ1n) is 6.97. The van der Waals surface area contributed by atoms with Crippen molar-refractivity contribution in [3.63, 3.8) is 0 Å². The minimum Gasteiger partial charge on any atom is -0.399 e. The summed E-state index contributed by atoms with van der Waals surface area (Å²) >= 11 is 0. The van der Waals surface area contributed by atoms with Gasteiger partial charge >= 0.3 is 0 Å². The Labute approximate surface area is 123 Å². The van der Waals surface area contributed by atoms with Crippen LogP contribution in [0.1, 0.15) is 27.0 Å². The second-order valence-corrected chi connectivity index (χ2v) is 5.47. The molecule has 1 aliphatic rings. The molecule has 0 aliphatic carbocycles. The number of halogens is 1. The van der Waals surface area contributed by atoms with Crippen LogP contribution in [0.3, 0.4) is 0 Å². The molecule has 108 valence electrons. The molecule has 0 spiro atoms. The number of fused-ring (bicyclic) bond motifs is 1. The van der Waals surface area contributed by atoms with Gasteiger partial charge in [-0.3, -0.25) is 4.79 Å². The molecule has 0 aromatic heterocycles. The minimum atomic E-state index is -0.345. The maximum Gasteiger partial charge on any atom is 0.254 e. The van der Waals surface area contributed by atoms with Gasteiger partial charge in [-0.1, -0.05) is 12.1 Å². The van der Waals surface area contributed by atoms with Crippen LogP contribution in [0.15, 0.2) is 36.4 Å². The maximum absolute atomic E-state index is 13.6. The van der Waals surface area contributed by atoms with E-state index in [9.17, 15) is 9.18 Å². The fourth-order valence-corrected chi connectivity index (χ4v) is 2.66. The van der Waals surface area contributed by atoms with Crippen LogP contribution >= 0.6 is 0 Å². The maximum atomic E-state index is 13.6. The predicted molar refractivity (Wildman–Crippen MR) is 80.4 cm³/mol. The Balaban J connectivity index is 1.85. The highest BCUT2D eigenvalue weighted by Gasteiger charge is 2.22. The number of amides is 1. The quantitative estimate of drug-likeness (QED) is 0.818. The van der Waals surface area contributed by atoms with Gasteiger partial charge in [0.15, 0.2) is 0 Å². The molecule has 0 saturated heterocycles. The summed E-state index contributed by atoms with van der Waals surface area (Å²) < 4.78 is 13.6. The summed E-state index contributed by atoms with van der Waals surface area (Å²) in [5.74, 6) is -0.482. The van der Waals surface area contributed by atoms with Crippen molar-refractivity contribution < 1.29 is 9.18 Å². The highest BCUT2D eigenvalue weighted by atomic mass is 19.1. The first kappa shape index (κ1) is 13.6. The molecule has 3 rings (SSSR count). The Morgan fingerprint density at radius 3 is 2.76 bits per heavy atom. The highest BCUT2D eigenvalue weighted by Crippen LogP contribution is 2.23. The van der Waals surface area contributed by atoms with Crippen molar-refractivity contribution in [3.8, 4) is 0 Å². The van der Waals surface area contributed by atoms with E-state index in [4.69, 9.17) is 5.73 Å². The molecule has 1 amide bonds. The van der Waals surface area contributed by atoms with E-state index in [0.717, 1.165) is 12.0 Å². The molecule has 2 aromatic rings. The largest absolute Gasteiger partial charge is 0.399 e. The molecule has 2 aromatic carbocycles. The Kier molecular flexibility index (Phi) is 3.37. The predicted octanol–water partition coefficient (Wildman–Crippen LogP) is 2.91. The van der Waals surface area contributed by atoms with Crippen LogP contribution < -0.4 is 5.73 Å². The molecule has 4 heteroatoms. The number of anilines is 1. The van der Waals surface area contributed by atoms with Gasteiger partial charge in [0.25, 0.3) is 5.91 Å². The van der Waals surface area contributed by atoms with E-state index in [1.54, 1.807) is 24.0 Å². The Hall–Kier alpha value is -2.36. The monoisotopic (exact) mass is 284 g/mol. The average Bonchev–Trinajstić information content (AvgIpc) is 2.48.